The Morgan fingerprint density at radius 1 is 0.972 bits per heavy atom. The second kappa shape index (κ2) is 11.4. The lowest BCUT2D eigenvalue weighted by Gasteiger charge is -2.14. The van der Waals surface area contributed by atoms with E-state index in [1.807, 2.05) is 36.4 Å². The Morgan fingerprint density at radius 3 is 2.42 bits per heavy atom. The molecule has 7 nitrogen and oxygen atoms in total. The van der Waals surface area contributed by atoms with Crippen LogP contribution in [0.1, 0.15) is 49.8 Å². The number of amidine groups is 2. The van der Waals surface area contributed by atoms with Gasteiger partial charge in [-0.15, -0.1) is 0 Å². The Bertz CT molecular complexity index is 1290. The van der Waals surface area contributed by atoms with Gasteiger partial charge in [-0.3, -0.25) is 15.7 Å². The first kappa shape index (κ1) is 25.4. The number of nitrogens with two attached hydrogens (primary N) is 2. The van der Waals surface area contributed by atoms with Gasteiger partial charge >= 0.3 is 0 Å². The molecule has 1 heterocycles. The van der Waals surface area contributed by atoms with Crippen molar-refractivity contribution < 1.29 is 4.74 Å². The Hall–Kier alpha value is -3.71. The van der Waals surface area contributed by atoms with Gasteiger partial charge in [-0.25, -0.2) is 4.99 Å². The predicted molar refractivity (Wildman–Crippen MR) is 150 cm³/mol. The van der Waals surface area contributed by atoms with Gasteiger partial charge in [-0.05, 0) is 85.4 Å². The van der Waals surface area contributed by atoms with Gasteiger partial charge in [0.15, 0.2) is 5.84 Å². The van der Waals surface area contributed by atoms with Crippen LogP contribution in [0, 0.1) is 16.7 Å². The lowest BCUT2D eigenvalue weighted by atomic mass is 9.96. The second-order valence-corrected chi connectivity index (χ2v) is 9.87. The lowest BCUT2D eigenvalue weighted by molar-refractivity contribution is 0.290. The van der Waals surface area contributed by atoms with Crippen LogP contribution in [0.5, 0.6) is 5.75 Å². The first-order chi connectivity index (χ1) is 17.3. The van der Waals surface area contributed by atoms with Crippen LogP contribution in [0.4, 0.5) is 5.69 Å². The zero-order valence-corrected chi connectivity index (χ0v) is 21.2. The van der Waals surface area contributed by atoms with Gasteiger partial charge in [-0.2, -0.15) is 0 Å². The third-order valence-corrected chi connectivity index (χ3v) is 6.50. The molecule has 36 heavy (non-hydrogen) atoms. The summed E-state index contributed by atoms with van der Waals surface area (Å²) in [5.74, 6) is 1.96. The standard InChI is InChI=1S/C29H36N6O/c1-19(2)11-14-36-24-9-7-20-15-22(6-5-21(20)16-24)28(32)25-17-23(8-10-26(25)30)29(33)34-27(31)18-35-12-3-4-13-35/h5-10,15-17,19,32H,3-4,11-14,18,30H2,1-2H3,(H3,31,33,34). The fourth-order valence-electron chi connectivity index (χ4n) is 4.37. The Labute approximate surface area is 213 Å². The number of rotatable bonds is 9. The molecule has 6 N–H and O–H groups in total. The Kier molecular flexibility index (Phi) is 8.00. The third-order valence-electron chi connectivity index (χ3n) is 6.50. The van der Waals surface area contributed by atoms with Crippen LogP contribution in [0.3, 0.4) is 0 Å². The highest BCUT2D eigenvalue weighted by Crippen LogP contribution is 2.25. The van der Waals surface area contributed by atoms with Crippen molar-refractivity contribution in [1.29, 1.82) is 10.8 Å². The molecular weight excluding hydrogens is 448 g/mol. The normalized spacial score (nSPS) is 14.5. The summed E-state index contributed by atoms with van der Waals surface area (Å²) in [5.41, 5.74) is 15.0. The van der Waals surface area contributed by atoms with Gasteiger partial charge in [0.25, 0.3) is 0 Å². The number of anilines is 1. The molecule has 188 valence electrons. The molecule has 0 amide bonds. The van der Waals surface area contributed by atoms with Crippen molar-refractivity contribution in [1.82, 2.24) is 4.90 Å². The molecule has 7 heteroatoms. The van der Waals surface area contributed by atoms with Gasteiger partial charge in [0, 0.05) is 22.4 Å². The number of benzene rings is 3. The summed E-state index contributed by atoms with van der Waals surface area (Å²) in [6.45, 7) is 7.68. The Balaban J connectivity index is 1.51. The SMILES string of the molecule is CC(C)CCOc1ccc2cc(C(=N)c3cc(C(=N)N=C(N)CN4CCCC4)ccc3N)ccc2c1. The molecule has 0 saturated carbocycles. The second-order valence-electron chi connectivity index (χ2n) is 9.87. The first-order valence-electron chi connectivity index (χ1n) is 12.6. The fourth-order valence-corrected chi connectivity index (χ4v) is 4.37. The first-order valence-corrected chi connectivity index (χ1v) is 12.6. The molecule has 0 spiro atoms. The molecule has 1 fully saturated rings. The molecule has 0 aliphatic carbocycles. The summed E-state index contributed by atoms with van der Waals surface area (Å²) >= 11 is 0. The average molecular weight is 485 g/mol. The highest BCUT2D eigenvalue weighted by atomic mass is 16.5. The van der Waals surface area contributed by atoms with Crippen molar-refractivity contribution in [3.8, 4) is 5.75 Å². The molecule has 0 atom stereocenters. The predicted octanol–water partition coefficient (Wildman–Crippen LogP) is 5.04. The van der Waals surface area contributed by atoms with Crippen molar-refractivity contribution in [2.75, 3.05) is 32.0 Å². The van der Waals surface area contributed by atoms with E-state index in [4.69, 9.17) is 27.0 Å². The molecule has 0 aromatic heterocycles. The van der Waals surface area contributed by atoms with Crippen LogP contribution >= 0.6 is 0 Å². The van der Waals surface area contributed by atoms with Gasteiger partial charge < -0.3 is 16.2 Å². The van der Waals surface area contributed by atoms with E-state index >= 15 is 0 Å². The molecule has 4 rings (SSSR count). The zero-order chi connectivity index (χ0) is 25.7. The van der Waals surface area contributed by atoms with Crippen LogP contribution in [0.2, 0.25) is 0 Å². The summed E-state index contributed by atoms with van der Waals surface area (Å²) < 4.78 is 5.89. The van der Waals surface area contributed by atoms with Gasteiger partial charge in [0.1, 0.15) is 11.6 Å². The monoisotopic (exact) mass is 484 g/mol. The van der Waals surface area contributed by atoms with Crippen LogP contribution < -0.4 is 16.2 Å². The maximum absolute atomic E-state index is 8.85. The topological polar surface area (TPSA) is 125 Å². The molecular formula is C29H36N6O. The van der Waals surface area contributed by atoms with Crippen LogP contribution in [0.15, 0.2) is 59.6 Å². The van der Waals surface area contributed by atoms with E-state index in [0.717, 1.165) is 41.6 Å². The van der Waals surface area contributed by atoms with Crippen LogP contribution in [0.25, 0.3) is 10.8 Å². The third kappa shape index (κ3) is 6.29. The number of fused-ring (bicyclic) bond motifs is 1. The van der Waals surface area contributed by atoms with E-state index in [1.165, 1.54) is 12.8 Å². The largest absolute Gasteiger partial charge is 0.494 e. The number of likely N-dealkylation sites (tertiary alicyclic amines) is 1. The Morgan fingerprint density at radius 2 is 1.67 bits per heavy atom. The van der Waals surface area contributed by atoms with Crippen LogP contribution in [-0.2, 0) is 0 Å². The molecule has 3 aromatic carbocycles. The minimum absolute atomic E-state index is 0.0734. The minimum atomic E-state index is 0.0734. The number of nitrogens with one attached hydrogen (secondary N) is 2. The summed E-state index contributed by atoms with van der Waals surface area (Å²) in [4.78, 5) is 6.55. The van der Waals surface area contributed by atoms with Gasteiger partial charge in [0.05, 0.1) is 18.9 Å². The summed E-state index contributed by atoms with van der Waals surface area (Å²) in [7, 11) is 0. The number of hydrogen-bond acceptors (Lipinski definition) is 5. The number of nitrogens with zero attached hydrogens (tertiary/aromatic N) is 2. The van der Waals surface area contributed by atoms with Crippen molar-refractivity contribution in [2.45, 2.75) is 33.1 Å². The maximum Gasteiger partial charge on any atom is 0.153 e. The average Bonchev–Trinajstić information content (AvgIpc) is 3.36. The quantitative estimate of drug-likeness (QED) is 0.193. The minimum Gasteiger partial charge on any atom is -0.494 e. The van der Waals surface area contributed by atoms with E-state index < -0.39 is 0 Å². The summed E-state index contributed by atoms with van der Waals surface area (Å²) in [5, 5.41) is 19.4. The van der Waals surface area contributed by atoms with E-state index in [9.17, 15) is 0 Å². The summed E-state index contributed by atoms with van der Waals surface area (Å²) in [6, 6.07) is 17.2. The molecule has 1 aliphatic rings. The molecule has 0 unspecified atom stereocenters. The van der Waals surface area contributed by atoms with E-state index in [-0.39, 0.29) is 5.84 Å². The lowest BCUT2D eigenvalue weighted by Crippen LogP contribution is -2.32. The summed E-state index contributed by atoms with van der Waals surface area (Å²) in [6.07, 6.45) is 3.37. The number of nitrogen functional groups attached to an aromatic ring is 1. The highest BCUT2D eigenvalue weighted by Gasteiger charge is 2.15. The van der Waals surface area contributed by atoms with Crippen LogP contribution in [-0.4, -0.2) is 48.5 Å². The fraction of sp³-hybridized carbons (Fsp3) is 0.345. The molecule has 0 bridgehead atoms. The molecule has 0 radical (unpaired) electrons. The van der Waals surface area contributed by atoms with Crippen molar-refractivity contribution >= 4 is 33.8 Å². The van der Waals surface area contributed by atoms with E-state index in [1.54, 1.807) is 18.2 Å². The zero-order valence-electron chi connectivity index (χ0n) is 21.2. The van der Waals surface area contributed by atoms with Crippen molar-refractivity contribution in [3.63, 3.8) is 0 Å². The molecule has 3 aromatic rings. The van der Waals surface area contributed by atoms with Crippen molar-refractivity contribution in [2.24, 2.45) is 16.6 Å². The van der Waals surface area contributed by atoms with Crippen molar-refractivity contribution in [3.05, 3.63) is 71.3 Å². The van der Waals surface area contributed by atoms with E-state index in [2.05, 4.69) is 23.7 Å². The number of aliphatic imine (C=N–C) groups is 1. The molecule has 1 saturated heterocycles. The molecule has 1 aliphatic heterocycles. The smallest absolute Gasteiger partial charge is 0.153 e. The van der Waals surface area contributed by atoms with Gasteiger partial charge in [-0.1, -0.05) is 32.0 Å². The highest BCUT2D eigenvalue weighted by molar-refractivity contribution is 6.16. The number of hydrogen-bond donors (Lipinski definition) is 4. The van der Waals surface area contributed by atoms with E-state index in [0.29, 0.717) is 47.4 Å². The number of ether oxygens (including phenoxy) is 1. The maximum atomic E-state index is 8.85. The van der Waals surface area contributed by atoms with Gasteiger partial charge in [0.2, 0.25) is 0 Å².